The molecule has 2 aromatic carbocycles. The second kappa shape index (κ2) is 16.4. The van der Waals surface area contributed by atoms with Gasteiger partial charge in [-0.3, -0.25) is 24.0 Å². The molecule has 4 aliphatic rings. The van der Waals surface area contributed by atoms with Crippen molar-refractivity contribution in [1.82, 2.24) is 25.2 Å². The van der Waals surface area contributed by atoms with Crippen LogP contribution in [0, 0.1) is 23.4 Å². The zero-order chi connectivity index (χ0) is 41.3. The van der Waals surface area contributed by atoms with Gasteiger partial charge < -0.3 is 25.0 Å². The number of sulfonamides is 1. The number of fused-ring (bicyclic) bond motifs is 3. The van der Waals surface area contributed by atoms with Gasteiger partial charge in [-0.25, -0.2) is 31.2 Å². The maximum Gasteiger partial charge on any atom is 0.410 e. The van der Waals surface area contributed by atoms with Crippen LogP contribution in [0.2, 0.25) is 0 Å². The van der Waals surface area contributed by atoms with E-state index in [1.807, 2.05) is 10.8 Å². The van der Waals surface area contributed by atoms with Crippen LogP contribution in [0.15, 0.2) is 48.6 Å². The summed E-state index contributed by atoms with van der Waals surface area (Å²) in [5, 5.41) is 5.32. The molecule has 1 aliphatic carbocycles. The number of hydrogen-bond acceptors (Lipinski definition) is 9. The summed E-state index contributed by atoms with van der Waals surface area (Å²) < 4.78 is 81.2. The molecule has 6 rings (SSSR count). The van der Waals surface area contributed by atoms with Crippen molar-refractivity contribution in [3.8, 4) is 0 Å². The Kier molecular flexibility index (Phi) is 11.9. The first kappa shape index (κ1) is 41.5. The minimum atomic E-state index is -4.49. The summed E-state index contributed by atoms with van der Waals surface area (Å²) in [4.78, 5) is 71.3. The molecule has 0 aromatic heterocycles. The van der Waals surface area contributed by atoms with Crippen molar-refractivity contribution in [3.63, 3.8) is 0 Å². The number of benzene rings is 2. The Morgan fingerprint density at radius 3 is 2.49 bits per heavy atom. The Morgan fingerprint density at radius 2 is 1.77 bits per heavy atom. The molecule has 0 bridgehead atoms. The van der Waals surface area contributed by atoms with Gasteiger partial charge in [-0.15, -0.1) is 0 Å². The first-order valence-electron chi connectivity index (χ1n) is 18.8. The van der Waals surface area contributed by atoms with Gasteiger partial charge in [-0.2, -0.15) is 0 Å². The summed E-state index contributed by atoms with van der Waals surface area (Å²) in [6.07, 6.45) is 3.25. The van der Waals surface area contributed by atoms with Crippen molar-refractivity contribution in [2.45, 2.75) is 114 Å². The van der Waals surface area contributed by atoms with E-state index in [9.17, 15) is 45.6 Å². The fourth-order valence-electron chi connectivity index (χ4n) is 7.46. The zero-order valence-electron chi connectivity index (χ0n) is 31.8. The number of rotatable bonds is 6. The summed E-state index contributed by atoms with van der Waals surface area (Å²) >= 11 is 0. The molecule has 1 saturated heterocycles. The van der Waals surface area contributed by atoms with Crippen molar-refractivity contribution < 1.29 is 55.0 Å². The molecule has 0 spiro atoms. The lowest BCUT2D eigenvalue weighted by molar-refractivity contribution is -0.141. The van der Waals surface area contributed by atoms with E-state index < -0.39 is 98.4 Å². The molecule has 3 heterocycles. The van der Waals surface area contributed by atoms with Crippen molar-refractivity contribution in [3.05, 3.63) is 82.7 Å². The number of ether oxygens (including phenoxy) is 2. The maximum atomic E-state index is 14.5. The summed E-state index contributed by atoms with van der Waals surface area (Å²) in [7, 11) is -4.49. The van der Waals surface area contributed by atoms with Crippen LogP contribution in [-0.4, -0.2) is 84.0 Å². The highest BCUT2D eigenvalue weighted by Crippen LogP contribution is 2.46. The third-order valence-electron chi connectivity index (χ3n) is 10.4. The second-order valence-corrected chi connectivity index (χ2v) is 17.7. The number of amides is 5. The molecule has 18 heteroatoms. The van der Waals surface area contributed by atoms with E-state index in [1.165, 1.54) is 21.9 Å². The van der Waals surface area contributed by atoms with Crippen LogP contribution >= 0.6 is 0 Å². The Morgan fingerprint density at radius 1 is 1.00 bits per heavy atom. The van der Waals surface area contributed by atoms with Gasteiger partial charge in [-0.1, -0.05) is 43.2 Å². The molecular formula is C39H46F3N5O9S. The number of carbonyl (C=O) groups is 5. The smallest absolute Gasteiger partial charge is 0.410 e. The molecule has 5 amide bonds. The van der Waals surface area contributed by atoms with Gasteiger partial charge in [-0.05, 0) is 75.8 Å². The topological polar surface area (TPSA) is 181 Å². The van der Waals surface area contributed by atoms with E-state index in [1.54, 1.807) is 32.9 Å². The number of carbonyl (C=O) groups excluding carboxylic acids is 5. The van der Waals surface area contributed by atoms with Crippen LogP contribution in [0.25, 0.3) is 0 Å². The number of allylic oxidation sites excluding steroid dienone is 1. The highest BCUT2D eigenvalue weighted by molar-refractivity contribution is 7.89. The molecule has 2 fully saturated rings. The number of halogens is 3. The Balaban J connectivity index is 1.25. The summed E-state index contributed by atoms with van der Waals surface area (Å²) in [5.74, 6) is -6.98. The van der Waals surface area contributed by atoms with Crippen molar-refractivity contribution >= 4 is 39.9 Å². The maximum absolute atomic E-state index is 14.5. The zero-order valence-corrected chi connectivity index (χ0v) is 32.6. The van der Waals surface area contributed by atoms with E-state index in [0.717, 1.165) is 12.1 Å². The molecule has 57 heavy (non-hydrogen) atoms. The van der Waals surface area contributed by atoms with Gasteiger partial charge in [0.1, 0.15) is 35.1 Å². The van der Waals surface area contributed by atoms with E-state index >= 15 is 0 Å². The Labute approximate surface area is 328 Å². The second-order valence-electron chi connectivity index (χ2n) is 16.0. The predicted molar refractivity (Wildman–Crippen MR) is 198 cm³/mol. The van der Waals surface area contributed by atoms with Gasteiger partial charge in [0.05, 0.1) is 18.8 Å². The molecule has 14 nitrogen and oxygen atoms in total. The number of alkyl carbamates (subject to hydrolysis) is 1. The molecule has 2 aromatic rings. The summed E-state index contributed by atoms with van der Waals surface area (Å²) in [6, 6.07) is 4.56. The monoisotopic (exact) mass is 817 g/mol. The van der Waals surface area contributed by atoms with E-state index in [2.05, 4.69) is 10.6 Å². The Hall–Kier alpha value is -5.13. The van der Waals surface area contributed by atoms with Crippen LogP contribution in [0.5, 0.6) is 0 Å². The lowest BCUT2D eigenvalue weighted by Crippen LogP contribution is -2.58. The van der Waals surface area contributed by atoms with Gasteiger partial charge in [0, 0.05) is 24.4 Å². The minimum absolute atomic E-state index is 0.00968. The van der Waals surface area contributed by atoms with Crippen LogP contribution < -0.4 is 15.4 Å². The molecule has 3 aliphatic heterocycles. The predicted octanol–water partition coefficient (Wildman–Crippen LogP) is 4.46. The van der Waals surface area contributed by atoms with Crippen molar-refractivity contribution in [1.29, 1.82) is 0 Å². The number of hydrogen-bond donors (Lipinski definition) is 3. The van der Waals surface area contributed by atoms with Gasteiger partial charge >= 0.3 is 12.2 Å². The quantitative estimate of drug-likeness (QED) is 0.355. The van der Waals surface area contributed by atoms with Gasteiger partial charge in [0.2, 0.25) is 21.8 Å². The molecular weight excluding hydrogens is 772 g/mol. The largest absolute Gasteiger partial charge is 0.444 e. The normalized spacial score (nSPS) is 25.2. The molecule has 3 N–H and O–H groups in total. The first-order chi connectivity index (χ1) is 26.8. The average molecular weight is 818 g/mol. The van der Waals surface area contributed by atoms with Crippen LogP contribution in [0.4, 0.5) is 22.8 Å². The van der Waals surface area contributed by atoms with Crippen LogP contribution in [0.3, 0.4) is 0 Å². The third kappa shape index (κ3) is 9.88. The SMILES string of the molecule is CC(C)(C)OC(=O)N[C@H]1CCCCCC=C[C@@H]2C[C@@]2(C(=O)NS(=O)(=O)Cc2ccc(F)c(F)c2)NC(=O)[C@@H]2C[C@@H](OC(=O)N3Cc4cccc(F)c4C3)CN2C1=O. The fraction of sp³-hybridized carbons (Fsp3) is 0.513. The molecule has 0 unspecified atom stereocenters. The van der Waals surface area contributed by atoms with Gasteiger partial charge in [0.15, 0.2) is 11.6 Å². The van der Waals surface area contributed by atoms with Crippen LogP contribution in [-0.2, 0) is 52.7 Å². The van der Waals surface area contributed by atoms with E-state index in [-0.39, 0.29) is 44.5 Å². The van der Waals surface area contributed by atoms with E-state index in [4.69, 9.17) is 9.47 Å². The minimum Gasteiger partial charge on any atom is -0.444 e. The van der Waals surface area contributed by atoms with Crippen molar-refractivity contribution in [2.75, 3.05) is 6.54 Å². The standard InChI is InChI=1S/C39H46F3N5O9S/c1-38(2,3)56-36(51)43-31-13-8-6-4-5-7-11-25-18-39(25,35(50)45-57(53,54)22-23-14-15-29(41)30(42)16-23)44-33(48)32-17-26(20-47(32)34(31)49)55-37(52)46-19-24-10-9-12-28(40)27(24)21-46/h7,9-12,14-16,25-26,31-32H,4-6,8,13,17-22H2,1-3H3,(H,43,51)(H,44,48)(H,45,50)/t25-,26-,31+,32+,39-/m1/s1. The summed E-state index contributed by atoms with van der Waals surface area (Å²) in [6.45, 7) is 4.75. The molecule has 1 saturated carbocycles. The molecule has 308 valence electrons. The third-order valence-corrected chi connectivity index (χ3v) is 11.6. The highest BCUT2D eigenvalue weighted by Gasteiger charge is 2.61. The lowest BCUT2D eigenvalue weighted by atomic mass is 10.0. The van der Waals surface area contributed by atoms with Crippen LogP contribution in [0.1, 0.15) is 82.4 Å². The fourth-order valence-corrected chi connectivity index (χ4v) is 8.61. The van der Waals surface area contributed by atoms with Crippen molar-refractivity contribution in [2.24, 2.45) is 5.92 Å². The summed E-state index contributed by atoms with van der Waals surface area (Å²) in [5.41, 5.74) is -1.81. The average Bonchev–Trinajstić information content (AvgIpc) is 3.40. The Bertz CT molecular complexity index is 2080. The molecule has 5 atom stereocenters. The lowest BCUT2D eigenvalue weighted by Gasteiger charge is -2.30. The first-order valence-corrected chi connectivity index (χ1v) is 20.5. The number of nitrogens with one attached hydrogen (secondary N) is 3. The number of nitrogens with zero attached hydrogens (tertiary/aromatic N) is 2. The molecule has 0 radical (unpaired) electrons. The highest BCUT2D eigenvalue weighted by atomic mass is 32.2. The van der Waals surface area contributed by atoms with E-state index in [0.29, 0.717) is 42.9 Å². The van der Waals surface area contributed by atoms with Gasteiger partial charge in [0.25, 0.3) is 5.91 Å².